The molecule has 2 N–H and O–H groups in total. The Balaban J connectivity index is 2.04. The van der Waals surface area contributed by atoms with Crippen molar-refractivity contribution >= 4 is 24.4 Å². The first kappa shape index (κ1) is 29.1. The number of aliphatic carboxylic acids is 1. The van der Waals surface area contributed by atoms with Crippen LogP contribution in [0.5, 0.6) is 0 Å². The lowest BCUT2D eigenvalue weighted by molar-refractivity contribution is -0.260. The molecule has 2 fully saturated rings. The molecule has 214 valence electrons. The topological polar surface area (TPSA) is 169 Å². The highest BCUT2D eigenvalue weighted by atomic mass is 16.5. The molecule has 4 heterocycles. The molecule has 6 atom stereocenters. The second-order valence-electron chi connectivity index (χ2n) is 9.97. The molecule has 13 nitrogen and oxygen atoms in total. The van der Waals surface area contributed by atoms with E-state index in [1.54, 1.807) is 60.7 Å². The fraction of sp³-hybridized carbons (Fsp3) is 0.481. The predicted molar refractivity (Wildman–Crippen MR) is 136 cm³/mol. The number of carbonyl (C=O) groups excluding carboxylic acids is 3. The number of likely N-dealkylation sites (tertiary alicyclic amines) is 2. The number of nitrogens with zero attached hydrogens (tertiary/aromatic N) is 4. The molecule has 2 aromatic heterocycles. The normalized spacial score (nSPS) is 29.1. The minimum Gasteiger partial charge on any atom is -0.481 e. The maximum atomic E-state index is 13.9. The minimum atomic E-state index is -1.86. The second-order valence-corrected chi connectivity index (χ2v) is 9.97. The second kappa shape index (κ2) is 11.7. The van der Waals surface area contributed by atoms with E-state index >= 15 is 0 Å². The monoisotopic (exact) mass is 556 g/mol. The van der Waals surface area contributed by atoms with E-state index in [2.05, 4.69) is 9.97 Å². The average Bonchev–Trinajstić information content (AvgIpc) is 2.96. The third kappa shape index (κ3) is 4.59. The summed E-state index contributed by atoms with van der Waals surface area (Å²) in [5.41, 5.74) is -2.89. The van der Waals surface area contributed by atoms with Gasteiger partial charge in [0.1, 0.15) is 10.8 Å². The average molecular weight is 557 g/mol. The van der Waals surface area contributed by atoms with Gasteiger partial charge in [0.2, 0.25) is 0 Å². The lowest BCUT2D eigenvalue weighted by atomic mass is 9.53. The maximum Gasteiger partial charge on any atom is 0.317 e. The summed E-state index contributed by atoms with van der Waals surface area (Å²) in [6.45, 7) is -0.321. The summed E-state index contributed by atoms with van der Waals surface area (Å²) < 4.78 is 15.8. The number of carbonyl (C=O) groups is 4. The number of hydrogen-bond acceptors (Lipinski definition) is 12. The van der Waals surface area contributed by atoms with Gasteiger partial charge in [-0.1, -0.05) is 12.1 Å². The molecule has 2 aliphatic rings. The fourth-order valence-electron chi connectivity index (χ4n) is 6.54. The van der Waals surface area contributed by atoms with Crippen molar-refractivity contribution in [3.63, 3.8) is 0 Å². The van der Waals surface area contributed by atoms with Crippen LogP contribution >= 0.6 is 0 Å². The van der Waals surface area contributed by atoms with Crippen molar-refractivity contribution in [3.8, 4) is 0 Å². The number of aromatic nitrogens is 2. The highest BCUT2D eigenvalue weighted by Gasteiger charge is 2.75. The summed E-state index contributed by atoms with van der Waals surface area (Å²) in [5.74, 6) is -2.79. The summed E-state index contributed by atoms with van der Waals surface area (Å²) in [6.07, 6.45) is -0.235. The third-order valence-corrected chi connectivity index (χ3v) is 7.99. The van der Waals surface area contributed by atoms with Gasteiger partial charge in [-0.3, -0.25) is 38.9 Å². The van der Waals surface area contributed by atoms with E-state index in [1.807, 2.05) is 0 Å². The molecule has 0 radical (unpaired) electrons. The van der Waals surface area contributed by atoms with E-state index in [-0.39, 0.29) is 32.4 Å². The Labute approximate surface area is 230 Å². The molecular weight excluding hydrogens is 524 g/mol. The number of rotatable bonds is 10. The largest absolute Gasteiger partial charge is 0.481 e. The fourth-order valence-corrected chi connectivity index (χ4v) is 6.54. The van der Waals surface area contributed by atoms with Crippen molar-refractivity contribution in [1.29, 1.82) is 0 Å². The molecule has 2 aromatic rings. The van der Waals surface area contributed by atoms with E-state index in [4.69, 9.17) is 14.2 Å². The Morgan fingerprint density at radius 2 is 1.50 bits per heavy atom. The smallest absolute Gasteiger partial charge is 0.317 e. The van der Waals surface area contributed by atoms with Crippen LogP contribution < -0.4 is 0 Å². The van der Waals surface area contributed by atoms with Gasteiger partial charge in [-0.05, 0) is 31.3 Å². The summed E-state index contributed by atoms with van der Waals surface area (Å²) in [5, 5.41) is 21.6. The van der Waals surface area contributed by atoms with Gasteiger partial charge in [-0.25, -0.2) is 0 Å². The van der Waals surface area contributed by atoms with E-state index in [1.165, 1.54) is 19.1 Å². The predicted octanol–water partition coefficient (Wildman–Crippen LogP) is 0.564. The number of hydrogen-bond donors (Lipinski definition) is 2. The van der Waals surface area contributed by atoms with Gasteiger partial charge in [-0.15, -0.1) is 0 Å². The van der Waals surface area contributed by atoms with Gasteiger partial charge >= 0.3 is 17.9 Å². The lowest BCUT2D eigenvalue weighted by Gasteiger charge is -2.64. The first-order valence-corrected chi connectivity index (χ1v) is 12.6. The van der Waals surface area contributed by atoms with E-state index in [0.29, 0.717) is 11.4 Å². The zero-order chi connectivity index (χ0) is 29.1. The number of esters is 2. The van der Waals surface area contributed by atoms with Crippen LogP contribution in [0.3, 0.4) is 0 Å². The molecule has 0 spiro atoms. The SMILES string of the molecule is COC(=O)C12CN([C@@H](CCC(=O)O)OC=O)CC(C(=O)OC)(C1O)[C@@H](c1ccccn1)N(C)[C@H]2c1ccccn1. The number of fused-ring (bicyclic) bond motifs is 2. The maximum absolute atomic E-state index is 13.9. The van der Waals surface area contributed by atoms with Crippen LogP contribution in [0.1, 0.15) is 36.3 Å². The standard InChI is InChI=1S/C27H32N4O9/c1-30-21(17-8-4-6-12-28-17)26(24(36)38-2)14-31(19(40-16-32)10-11-20(33)34)15-27(23(26)35,25(37)39-3)22(30)18-9-5-7-13-29-18/h4-9,12-13,16,19,21-23,35H,10-11,14-15H2,1-3H3,(H,33,34)/t19-,21-,22+,23?,26?,27?/m1/s1. The molecule has 2 aliphatic heterocycles. The van der Waals surface area contributed by atoms with Crippen molar-refractivity contribution in [2.45, 2.75) is 37.3 Å². The number of carboxylic acids is 1. The molecule has 2 bridgehead atoms. The molecular formula is C27H32N4O9. The Morgan fingerprint density at radius 3 is 1.88 bits per heavy atom. The molecule has 40 heavy (non-hydrogen) atoms. The first-order valence-electron chi connectivity index (χ1n) is 12.6. The van der Waals surface area contributed by atoms with Gasteiger partial charge < -0.3 is 24.4 Å². The first-order chi connectivity index (χ1) is 19.2. The highest BCUT2D eigenvalue weighted by molar-refractivity contribution is 5.86. The molecule has 0 amide bonds. The minimum absolute atomic E-state index is 0.142. The molecule has 0 aliphatic carbocycles. The number of pyridine rings is 2. The number of methoxy groups -OCH3 is 2. The Bertz CT molecular complexity index is 1160. The quantitative estimate of drug-likeness (QED) is 0.237. The number of ether oxygens (including phenoxy) is 3. The summed E-state index contributed by atoms with van der Waals surface area (Å²) in [6, 6.07) is 8.35. The van der Waals surface area contributed by atoms with Crippen molar-refractivity contribution in [2.24, 2.45) is 10.8 Å². The lowest BCUT2D eigenvalue weighted by Crippen LogP contribution is -2.78. The Morgan fingerprint density at radius 1 is 1.00 bits per heavy atom. The molecule has 0 aromatic carbocycles. The van der Waals surface area contributed by atoms with Crippen LogP contribution in [0.4, 0.5) is 0 Å². The summed E-state index contributed by atoms with van der Waals surface area (Å²) in [4.78, 5) is 63.0. The van der Waals surface area contributed by atoms with Gasteiger partial charge in [-0.2, -0.15) is 0 Å². The van der Waals surface area contributed by atoms with Crippen LogP contribution in [-0.2, 0) is 33.4 Å². The number of aliphatic hydroxyl groups excluding tert-OH is 1. The number of carboxylic acid groups (broad SMARTS) is 1. The third-order valence-electron chi connectivity index (χ3n) is 7.99. The van der Waals surface area contributed by atoms with E-state index < -0.39 is 53.2 Å². The summed E-state index contributed by atoms with van der Waals surface area (Å²) >= 11 is 0. The van der Waals surface area contributed by atoms with Gasteiger partial charge in [0, 0.05) is 31.9 Å². The van der Waals surface area contributed by atoms with Gasteiger partial charge in [0.15, 0.2) is 6.23 Å². The Hall–Kier alpha value is -3.94. The molecule has 13 heteroatoms. The number of aliphatic hydroxyl groups is 1. The molecule has 2 saturated heterocycles. The van der Waals surface area contributed by atoms with E-state index in [9.17, 15) is 29.4 Å². The van der Waals surface area contributed by atoms with E-state index in [0.717, 1.165) is 0 Å². The van der Waals surface area contributed by atoms with Crippen LogP contribution in [0.2, 0.25) is 0 Å². The van der Waals surface area contributed by atoms with Crippen LogP contribution in [0.25, 0.3) is 0 Å². The summed E-state index contributed by atoms with van der Waals surface area (Å²) in [7, 11) is 4.05. The highest BCUT2D eigenvalue weighted by Crippen LogP contribution is 2.62. The molecule has 3 unspecified atom stereocenters. The number of piperidine rings is 2. The van der Waals surface area contributed by atoms with Crippen molar-refractivity contribution < 1.29 is 43.6 Å². The Kier molecular flexibility index (Phi) is 8.47. The molecule has 4 rings (SSSR count). The van der Waals surface area contributed by atoms with Crippen LogP contribution in [0.15, 0.2) is 48.8 Å². The zero-order valence-corrected chi connectivity index (χ0v) is 22.4. The van der Waals surface area contributed by atoms with Crippen molar-refractivity contribution in [1.82, 2.24) is 19.8 Å². The molecule has 0 saturated carbocycles. The van der Waals surface area contributed by atoms with Crippen LogP contribution in [0, 0.1) is 10.8 Å². The van der Waals surface area contributed by atoms with Crippen LogP contribution in [-0.4, -0.2) is 101 Å². The zero-order valence-electron chi connectivity index (χ0n) is 22.4. The van der Waals surface area contributed by atoms with Gasteiger partial charge in [0.05, 0.1) is 50.2 Å². The van der Waals surface area contributed by atoms with Gasteiger partial charge in [0.25, 0.3) is 6.47 Å². The van der Waals surface area contributed by atoms with Crippen molar-refractivity contribution in [2.75, 3.05) is 34.4 Å². The van der Waals surface area contributed by atoms with Crippen molar-refractivity contribution in [3.05, 3.63) is 60.2 Å².